The van der Waals surface area contributed by atoms with Crippen molar-refractivity contribution >= 4 is 91.7 Å². The van der Waals surface area contributed by atoms with Gasteiger partial charge < -0.3 is 4.90 Å². The molecule has 0 N–H and O–H groups in total. The topological polar surface area (TPSA) is 3.24 Å². The van der Waals surface area contributed by atoms with Crippen molar-refractivity contribution in [3.8, 4) is 22.3 Å². The lowest BCUT2D eigenvalue weighted by Gasteiger charge is -2.28. The van der Waals surface area contributed by atoms with E-state index in [0.717, 1.165) is 17.1 Å². The zero-order valence-electron chi connectivity index (χ0n) is 31.8. The summed E-state index contributed by atoms with van der Waals surface area (Å²) < 4.78 is 2.69. The summed E-state index contributed by atoms with van der Waals surface area (Å²) in [5.74, 6) is 0. The molecule has 0 amide bonds. The lowest BCUT2D eigenvalue weighted by molar-refractivity contribution is 0.660. The van der Waals surface area contributed by atoms with E-state index in [-0.39, 0.29) is 5.41 Å². The summed E-state index contributed by atoms with van der Waals surface area (Å²) in [5, 5.41) is 13.1. The SMILES string of the molecule is CC1(C)c2ccccc2-c2ccc(N(c3ccc(-c4ccccc4)cc3)c3ccc4ccc5c6ccc7c8ccccc8c8ccccc8c7c6sc5c4c3)cc21. The van der Waals surface area contributed by atoms with Gasteiger partial charge in [0.25, 0.3) is 0 Å². The van der Waals surface area contributed by atoms with Crippen LogP contribution in [-0.4, -0.2) is 0 Å². The quantitative estimate of drug-likeness (QED) is 0.162. The van der Waals surface area contributed by atoms with Gasteiger partial charge in [0, 0.05) is 53.4 Å². The van der Waals surface area contributed by atoms with Crippen LogP contribution in [0.2, 0.25) is 0 Å². The molecule has 0 unspecified atom stereocenters. The van der Waals surface area contributed by atoms with E-state index in [9.17, 15) is 0 Å². The molecule has 1 heterocycles. The highest BCUT2D eigenvalue weighted by Crippen LogP contribution is 2.51. The fraction of sp³-hybridized carbons (Fsp3) is 0.0545. The lowest BCUT2D eigenvalue weighted by atomic mass is 9.82. The fourth-order valence-electron chi connectivity index (χ4n) is 9.84. The van der Waals surface area contributed by atoms with Crippen molar-refractivity contribution < 1.29 is 0 Å². The van der Waals surface area contributed by atoms with Crippen molar-refractivity contribution in [2.45, 2.75) is 19.3 Å². The summed E-state index contributed by atoms with van der Waals surface area (Å²) in [7, 11) is 0. The molecule has 1 aliphatic carbocycles. The first-order chi connectivity index (χ1) is 28.0. The van der Waals surface area contributed by atoms with Crippen LogP contribution >= 0.6 is 11.3 Å². The van der Waals surface area contributed by atoms with E-state index in [1.165, 1.54) is 96.6 Å². The number of nitrogens with zero attached hydrogens (tertiary/aromatic N) is 1. The maximum atomic E-state index is 2.45. The standard InChI is InChI=1S/C55H37NS/c1-55(2)50-19-11-10-17-43(50)44-29-27-39(33-51(44)55)56(37-24-20-35(21-25-37)34-12-4-3-5-13-34)38-26-22-36-23-28-47-48-31-30-46-42-16-7-6-14-40(42)41-15-8-9-18-45(41)52(46)54(48)57-53(47)49(36)32-38/h3-33H,1-2H3. The average molecular weight is 744 g/mol. The highest BCUT2D eigenvalue weighted by Gasteiger charge is 2.35. The molecule has 268 valence electrons. The van der Waals surface area contributed by atoms with E-state index in [1.54, 1.807) is 0 Å². The third-order valence-corrected chi connectivity index (χ3v) is 13.9. The molecule has 0 saturated heterocycles. The van der Waals surface area contributed by atoms with Gasteiger partial charge >= 0.3 is 0 Å². The Bertz CT molecular complexity index is 3390. The number of thiophene rings is 1. The van der Waals surface area contributed by atoms with Crippen molar-refractivity contribution in [2.24, 2.45) is 0 Å². The van der Waals surface area contributed by atoms with E-state index >= 15 is 0 Å². The number of hydrogen-bond acceptors (Lipinski definition) is 2. The van der Waals surface area contributed by atoms with Gasteiger partial charge in [-0.15, -0.1) is 11.3 Å². The van der Waals surface area contributed by atoms with Gasteiger partial charge in [-0.25, -0.2) is 0 Å². The van der Waals surface area contributed by atoms with Gasteiger partial charge in [0.1, 0.15) is 0 Å². The zero-order chi connectivity index (χ0) is 37.8. The summed E-state index contributed by atoms with van der Waals surface area (Å²) in [5.41, 5.74) is 11.2. The van der Waals surface area contributed by atoms with E-state index < -0.39 is 0 Å². The van der Waals surface area contributed by atoms with Gasteiger partial charge in [0.05, 0.1) is 0 Å². The van der Waals surface area contributed by atoms with Crippen LogP contribution in [0.1, 0.15) is 25.0 Å². The molecule has 57 heavy (non-hydrogen) atoms. The lowest BCUT2D eigenvalue weighted by Crippen LogP contribution is -2.16. The molecule has 0 spiro atoms. The Hall–Kier alpha value is -6.74. The zero-order valence-corrected chi connectivity index (χ0v) is 32.6. The van der Waals surface area contributed by atoms with Gasteiger partial charge in [0.15, 0.2) is 0 Å². The summed E-state index contributed by atoms with van der Waals surface area (Å²) in [6.45, 7) is 4.73. The maximum Gasteiger partial charge on any atom is 0.0468 e. The van der Waals surface area contributed by atoms with E-state index in [2.05, 4.69) is 207 Å². The van der Waals surface area contributed by atoms with E-state index in [1.807, 2.05) is 11.3 Å². The Kier molecular flexibility index (Phi) is 6.91. The third-order valence-electron chi connectivity index (χ3n) is 12.6. The highest BCUT2D eigenvalue weighted by atomic mass is 32.1. The Morgan fingerprint density at radius 2 is 0.895 bits per heavy atom. The normalized spacial score (nSPS) is 13.2. The first-order valence-electron chi connectivity index (χ1n) is 19.8. The predicted octanol–water partition coefficient (Wildman–Crippen LogP) is 16.1. The van der Waals surface area contributed by atoms with Crippen LogP contribution < -0.4 is 4.90 Å². The molecular formula is C55H37NS. The molecule has 0 atom stereocenters. The van der Waals surface area contributed by atoms with Crippen molar-refractivity contribution in [2.75, 3.05) is 4.90 Å². The van der Waals surface area contributed by atoms with Crippen LogP contribution in [0.25, 0.3) is 85.5 Å². The molecule has 12 rings (SSSR count). The molecule has 1 aliphatic rings. The number of benzene rings is 10. The van der Waals surface area contributed by atoms with E-state index in [0.29, 0.717) is 0 Å². The van der Waals surface area contributed by atoms with Gasteiger partial charge in [-0.05, 0) is 102 Å². The van der Waals surface area contributed by atoms with Crippen molar-refractivity contribution in [3.05, 3.63) is 199 Å². The van der Waals surface area contributed by atoms with Crippen LogP contribution in [0, 0.1) is 0 Å². The highest BCUT2D eigenvalue weighted by molar-refractivity contribution is 7.27. The van der Waals surface area contributed by atoms with Gasteiger partial charge in [-0.1, -0.05) is 166 Å². The maximum absolute atomic E-state index is 2.45. The summed E-state index contributed by atoms with van der Waals surface area (Å²) in [4.78, 5) is 2.45. The number of fused-ring (bicyclic) bond motifs is 15. The van der Waals surface area contributed by atoms with Crippen LogP contribution in [-0.2, 0) is 5.41 Å². The number of hydrogen-bond donors (Lipinski definition) is 0. The molecule has 0 aliphatic heterocycles. The number of anilines is 3. The van der Waals surface area contributed by atoms with Crippen LogP contribution in [0.5, 0.6) is 0 Å². The molecule has 1 aromatic heterocycles. The number of rotatable bonds is 4. The van der Waals surface area contributed by atoms with E-state index in [4.69, 9.17) is 0 Å². The summed E-state index contributed by atoms with van der Waals surface area (Å²) >= 11 is 1.95. The molecule has 10 aromatic carbocycles. The first-order valence-corrected chi connectivity index (χ1v) is 20.7. The van der Waals surface area contributed by atoms with Gasteiger partial charge in [-0.3, -0.25) is 0 Å². The molecule has 11 aromatic rings. The second kappa shape index (κ2) is 12.1. The van der Waals surface area contributed by atoms with Crippen LogP contribution in [0.4, 0.5) is 17.1 Å². The minimum atomic E-state index is -0.102. The molecular weight excluding hydrogens is 707 g/mol. The minimum absolute atomic E-state index is 0.102. The molecule has 0 fully saturated rings. The Morgan fingerprint density at radius 3 is 1.68 bits per heavy atom. The Labute approximate surface area is 335 Å². The largest absolute Gasteiger partial charge is 0.310 e. The predicted molar refractivity (Wildman–Crippen MR) is 247 cm³/mol. The Morgan fingerprint density at radius 1 is 0.368 bits per heavy atom. The monoisotopic (exact) mass is 743 g/mol. The smallest absolute Gasteiger partial charge is 0.0468 e. The van der Waals surface area contributed by atoms with Crippen molar-refractivity contribution in [1.82, 2.24) is 0 Å². The third kappa shape index (κ3) is 4.75. The van der Waals surface area contributed by atoms with Gasteiger partial charge in [0.2, 0.25) is 0 Å². The minimum Gasteiger partial charge on any atom is -0.310 e. The second-order valence-corrected chi connectivity index (χ2v) is 17.1. The van der Waals surface area contributed by atoms with Crippen LogP contribution in [0.3, 0.4) is 0 Å². The van der Waals surface area contributed by atoms with Crippen molar-refractivity contribution in [1.29, 1.82) is 0 Å². The molecule has 2 heteroatoms. The van der Waals surface area contributed by atoms with Gasteiger partial charge in [-0.2, -0.15) is 0 Å². The summed E-state index contributed by atoms with van der Waals surface area (Å²) in [6, 6.07) is 70.0. The molecule has 0 radical (unpaired) electrons. The van der Waals surface area contributed by atoms with Crippen molar-refractivity contribution in [3.63, 3.8) is 0 Å². The fourth-order valence-corrected chi connectivity index (χ4v) is 11.2. The Balaban J connectivity index is 1.09. The molecule has 0 saturated carbocycles. The second-order valence-electron chi connectivity index (χ2n) is 16.1. The molecule has 1 nitrogen and oxygen atoms in total. The first kappa shape index (κ1) is 32.5. The van der Waals surface area contributed by atoms with Crippen LogP contribution in [0.15, 0.2) is 188 Å². The summed E-state index contributed by atoms with van der Waals surface area (Å²) in [6.07, 6.45) is 0. The average Bonchev–Trinajstić information content (AvgIpc) is 3.76. The molecule has 0 bridgehead atoms.